The van der Waals surface area contributed by atoms with E-state index in [1.165, 1.54) is 22.8 Å². The number of rotatable bonds is 3. The summed E-state index contributed by atoms with van der Waals surface area (Å²) in [5.41, 5.74) is 2.32. The Hall–Kier alpha value is -2.13. The molecule has 1 atom stereocenters. The fourth-order valence-electron chi connectivity index (χ4n) is 3.13. The van der Waals surface area contributed by atoms with Crippen LogP contribution in [0.2, 0.25) is 0 Å². The van der Waals surface area contributed by atoms with E-state index in [4.69, 9.17) is 0 Å². The van der Waals surface area contributed by atoms with Crippen LogP contribution in [0.1, 0.15) is 12.2 Å². The molecule has 0 aliphatic carbocycles. The van der Waals surface area contributed by atoms with Gasteiger partial charge in [-0.3, -0.25) is 0 Å². The van der Waals surface area contributed by atoms with Crippen molar-refractivity contribution in [2.45, 2.75) is 12.8 Å². The third-order valence-electron chi connectivity index (χ3n) is 4.33. The molecule has 1 aliphatic heterocycles. The van der Waals surface area contributed by atoms with Gasteiger partial charge in [-0.2, -0.15) is 0 Å². The molecule has 0 amide bonds. The topological polar surface area (TPSA) is 40.7 Å². The smallest absolute Gasteiger partial charge is 0.106 e. The van der Waals surface area contributed by atoms with Crippen LogP contribution in [0, 0.1) is 5.92 Å². The number of hydrogen-bond acceptors (Lipinski definition) is 2. The number of hydrogen-bond donors (Lipinski definition) is 2. The molecule has 0 radical (unpaired) electrons. The van der Waals surface area contributed by atoms with Gasteiger partial charge in [-0.05, 0) is 42.3 Å². The summed E-state index contributed by atoms with van der Waals surface area (Å²) >= 11 is 0. The molecule has 2 heterocycles. The molecule has 1 saturated heterocycles. The van der Waals surface area contributed by atoms with E-state index in [1.54, 1.807) is 0 Å². The highest BCUT2D eigenvalue weighted by atomic mass is 14.9. The fraction of sp³-hybridized carbons (Fsp3) is 0.278. The number of nitrogens with one attached hydrogen (secondary N) is 2. The summed E-state index contributed by atoms with van der Waals surface area (Å²) in [5, 5.41) is 5.96. The average molecular weight is 277 g/mol. The van der Waals surface area contributed by atoms with Gasteiger partial charge in [0.2, 0.25) is 0 Å². The lowest BCUT2D eigenvalue weighted by molar-refractivity contribution is 0.565. The van der Waals surface area contributed by atoms with Gasteiger partial charge in [-0.25, -0.2) is 4.98 Å². The number of nitrogens with zero attached hydrogens (tertiary/aromatic N) is 1. The summed E-state index contributed by atoms with van der Waals surface area (Å²) in [7, 11) is 0. The van der Waals surface area contributed by atoms with Gasteiger partial charge in [0.25, 0.3) is 0 Å². The van der Waals surface area contributed by atoms with Crippen LogP contribution in [0.15, 0.2) is 48.7 Å². The highest BCUT2D eigenvalue weighted by Crippen LogP contribution is 2.24. The lowest BCUT2D eigenvalue weighted by Crippen LogP contribution is -2.11. The fourth-order valence-corrected chi connectivity index (χ4v) is 3.13. The van der Waals surface area contributed by atoms with E-state index in [0.717, 1.165) is 36.9 Å². The summed E-state index contributed by atoms with van der Waals surface area (Å²) in [5.74, 6) is 1.83. The van der Waals surface area contributed by atoms with Gasteiger partial charge in [0.15, 0.2) is 0 Å². The molecule has 21 heavy (non-hydrogen) atoms. The Morgan fingerprint density at radius 2 is 2.00 bits per heavy atom. The first-order chi connectivity index (χ1) is 10.4. The molecule has 106 valence electrons. The molecular weight excluding hydrogens is 258 g/mol. The van der Waals surface area contributed by atoms with Crippen molar-refractivity contribution < 1.29 is 0 Å². The molecule has 2 N–H and O–H groups in total. The van der Waals surface area contributed by atoms with Crippen molar-refractivity contribution in [3.8, 4) is 11.3 Å². The third-order valence-corrected chi connectivity index (χ3v) is 4.33. The van der Waals surface area contributed by atoms with Crippen LogP contribution in [0.5, 0.6) is 0 Å². The molecule has 1 aliphatic rings. The van der Waals surface area contributed by atoms with E-state index in [2.05, 4.69) is 57.7 Å². The van der Waals surface area contributed by atoms with E-state index >= 15 is 0 Å². The Bertz CT molecular complexity index is 754. The van der Waals surface area contributed by atoms with Gasteiger partial charge < -0.3 is 10.3 Å². The minimum atomic E-state index is 0.723. The summed E-state index contributed by atoms with van der Waals surface area (Å²) in [4.78, 5) is 8.03. The third kappa shape index (κ3) is 2.57. The largest absolute Gasteiger partial charge is 0.342 e. The first-order valence-electron chi connectivity index (χ1n) is 7.62. The minimum Gasteiger partial charge on any atom is -0.342 e. The predicted octanol–water partition coefficient (Wildman–Crippen LogP) is 3.38. The van der Waals surface area contributed by atoms with Crippen LogP contribution in [0.25, 0.3) is 22.0 Å². The highest BCUT2D eigenvalue weighted by Gasteiger charge is 2.16. The predicted molar refractivity (Wildman–Crippen MR) is 86.2 cm³/mol. The van der Waals surface area contributed by atoms with Crippen LogP contribution in [-0.4, -0.2) is 23.1 Å². The molecule has 2 aromatic carbocycles. The second-order valence-corrected chi connectivity index (χ2v) is 5.87. The van der Waals surface area contributed by atoms with Gasteiger partial charge >= 0.3 is 0 Å². The van der Waals surface area contributed by atoms with E-state index < -0.39 is 0 Å². The Kier molecular flexibility index (Phi) is 3.20. The molecule has 1 aromatic heterocycles. The average Bonchev–Trinajstić information content (AvgIpc) is 3.19. The summed E-state index contributed by atoms with van der Waals surface area (Å²) in [6, 6.07) is 15.0. The van der Waals surface area contributed by atoms with Crippen LogP contribution < -0.4 is 5.32 Å². The quantitative estimate of drug-likeness (QED) is 0.770. The van der Waals surface area contributed by atoms with E-state index in [9.17, 15) is 0 Å². The molecule has 4 rings (SSSR count). The van der Waals surface area contributed by atoms with Crippen molar-refractivity contribution in [2.75, 3.05) is 13.1 Å². The number of H-pyrrole nitrogens is 1. The van der Waals surface area contributed by atoms with Gasteiger partial charge in [-0.1, -0.05) is 36.4 Å². The van der Waals surface area contributed by atoms with Crippen molar-refractivity contribution in [2.24, 2.45) is 5.92 Å². The maximum absolute atomic E-state index is 4.55. The van der Waals surface area contributed by atoms with Crippen molar-refractivity contribution >= 4 is 10.8 Å². The zero-order valence-electron chi connectivity index (χ0n) is 12.0. The van der Waals surface area contributed by atoms with Gasteiger partial charge in [-0.15, -0.1) is 0 Å². The number of aromatic nitrogens is 2. The van der Waals surface area contributed by atoms with E-state index in [1.807, 2.05) is 6.20 Å². The molecule has 1 unspecified atom stereocenters. The summed E-state index contributed by atoms with van der Waals surface area (Å²) in [6.07, 6.45) is 4.26. The summed E-state index contributed by atoms with van der Waals surface area (Å²) in [6.45, 7) is 2.26. The second kappa shape index (κ2) is 5.34. The molecule has 3 nitrogen and oxygen atoms in total. The van der Waals surface area contributed by atoms with Crippen molar-refractivity contribution in [1.82, 2.24) is 15.3 Å². The lowest BCUT2D eigenvalue weighted by Gasteiger charge is -2.05. The maximum Gasteiger partial charge on any atom is 0.106 e. The zero-order valence-corrected chi connectivity index (χ0v) is 12.0. The number of fused-ring (bicyclic) bond motifs is 1. The van der Waals surface area contributed by atoms with Gasteiger partial charge in [0.05, 0.1) is 11.9 Å². The Morgan fingerprint density at radius 3 is 2.86 bits per heavy atom. The maximum atomic E-state index is 4.55. The van der Waals surface area contributed by atoms with Gasteiger partial charge in [0.1, 0.15) is 5.82 Å². The zero-order chi connectivity index (χ0) is 14.1. The standard InChI is InChI=1S/C18H19N3/c1-2-4-15-10-16(6-5-14(15)3-1)17-12-20-18(21-17)9-13-7-8-19-11-13/h1-6,10,12-13,19H,7-9,11H2,(H,20,21). The van der Waals surface area contributed by atoms with Crippen LogP contribution in [0.4, 0.5) is 0 Å². The molecule has 3 heteroatoms. The molecule has 1 fully saturated rings. The number of imidazole rings is 1. The van der Waals surface area contributed by atoms with Crippen molar-refractivity contribution in [3.63, 3.8) is 0 Å². The van der Waals surface area contributed by atoms with Crippen LogP contribution in [-0.2, 0) is 6.42 Å². The van der Waals surface area contributed by atoms with Gasteiger partial charge in [0, 0.05) is 12.0 Å². The first kappa shape index (κ1) is 12.6. The second-order valence-electron chi connectivity index (χ2n) is 5.87. The Labute approximate surface area is 124 Å². The Balaban J connectivity index is 1.61. The minimum absolute atomic E-state index is 0.723. The molecular formula is C18H19N3. The first-order valence-corrected chi connectivity index (χ1v) is 7.62. The lowest BCUT2D eigenvalue weighted by atomic mass is 10.0. The molecule has 0 bridgehead atoms. The number of benzene rings is 2. The highest BCUT2D eigenvalue weighted by molar-refractivity contribution is 5.86. The normalized spacial score (nSPS) is 18.4. The van der Waals surface area contributed by atoms with E-state index in [0.29, 0.717) is 0 Å². The van der Waals surface area contributed by atoms with Crippen molar-refractivity contribution in [1.29, 1.82) is 0 Å². The molecule has 0 spiro atoms. The van der Waals surface area contributed by atoms with Crippen LogP contribution >= 0.6 is 0 Å². The molecule has 3 aromatic rings. The monoisotopic (exact) mass is 277 g/mol. The summed E-state index contributed by atoms with van der Waals surface area (Å²) < 4.78 is 0. The van der Waals surface area contributed by atoms with Crippen molar-refractivity contribution in [3.05, 3.63) is 54.5 Å². The molecule has 0 saturated carbocycles. The Morgan fingerprint density at radius 1 is 1.10 bits per heavy atom. The SMILES string of the molecule is c1ccc2cc(-c3cnc(CC4CCNC4)[nH]3)ccc2c1. The van der Waals surface area contributed by atoms with Crippen LogP contribution in [0.3, 0.4) is 0 Å². The van der Waals surface area contributed by atoms with E-state index in [-0.39, 0.29) is 0 Å². The number of aromatic amines is 1.